The second-order valence-electron chi connectivity index (χ2n) is 10.4. The predicted octanol–water partition coefficient (Wildman–Crippen LogP) is 2.77. The van der Waals surface area contributed by atoms with Gasteiger partial charge < -0.3 is 20.1 Å². The fourth-order valence-electron chi connectivity index (χ4n) is 5.81. The van der Waals surface area contributed by atoms with Crippen molar-refractivity contribution in [3.05, 3.63) is 17.7 Å². The van der Waals surface area contributed by atoms with Gasteiger partial charge in [-0.2, -0.15) is 0 Å². The Morgan fingerprint density at radius 2 is 1.53 bits per heavy atom. The van der Waals surface area contributed by atoms with Crippen LogP contribution < -0.4 is 10.6 Å². The number of nitrogens with zero attached hydrogens (tertiary/aromatic N) is 3. The van der Waals surface area contributed by atoms with Gasteiger partial charge in [-0.05, 0) is 45.4 Å². The Morgan fingerprint density at radius 1 is 0.938 bits per heavy atom. The number of hydrogen-bond acceptors (Lipinski definition) is 4. The van der Waals surface area contributed by atoms with Crippen LogP contribution in [-0.4, -0.2) is 55.8 Å². The van der Waals surface area contributed by atoms with Gasteiger partial charge in [-0.15, -0.1) is 0 Å². The van der Waals surface area contributed by atoms with Crippen LogP contribution in [0.5, 0.6) is 0 Å². The summed E-state index contributed by atoms with van der Waals surface area (Å²) in [6.07, 6.45) is 14.2. The highest BCUT2D eigenvalue weighted by atomic mass is 16.2. The summed E-state index contributed by atoms with van der Waals surface area (Å²) in [5.41, 5.74) is -0.443. The lowest BCUT2D eigenvalue weighted by molar-refractivity contribution is -0.134. The lowest BCUT2D eigenvalue weighted by atomic mass is 9.93. The van der Waals surface area contributed by atoms with Crippen molar-refractivity contribution in [2.24, 2.45) is 0 Å². The Hall–Kier alpha value is -2.38. The van der Waals surface area contributed by atoms with Crippen LogP contribution in [0.15, 0.2) is 6.33 Å². The largest absolute Gasteiger partial charge is 0.351 e. The van der Waals surface area contributed by atoms with Gasteiger partial charge in [-0.25, -0.2) is 4.98 Å². The lowest BCUT2D eigenvalue weighted by Gasteiger charge is -2.44. The van der Waals surface area contributed by atoms with E-state index in [-0.39, 0.29) is 41.5 Å². The van der Waals surface area contributed by atoms with E-state index in [0.29, 0.717) is 12.2 Å². The van der Waals surface area contributed by atoms with Gasteiger partial charge in [0.05, 0.1) is 12.9 Å². The van der Waals surface area contributed by atoms with Crippen molar-refractivity contribution in [3.8, 4) is 0 Å². The molecular weight excluding hydrogens is 406 g/mol. The fourth-order valence-corrected chi connectivity index (χ4v) is 5.81. The number of carbonyl (C=O) groups excluding carboxylic acids is 3. The molecule has 3 saturated carbocycles. The first-order chi connectivity index (χ1) is 15.5. The van der Waals surface area contributed by atoms with E-state index in [1.54, 1.807) is 15.8 Å². The fraction of sp³-hybridized carbons (Fsp3) is 0.750. The van der Waals surface area contributed by atoms with Crippen molar-refractivity contribution in [1.82, 2.24) is 25.1 Å². The molecule has 3 fully saturated rings. The zero-order chi connectivity index (χ0) is 22.3. The van der Waals surface area contributed by atoms with E-state index >= 15 is 0 Å². The van der Waals surface area contributed by atoms with Crippen molar-refractivity contribution >= 4 is 17.7 Å². The SMILES string of the molecule is CC1(C(=O)NC2CCCC2)Cn2cnc(C(=O)NC3CCCCCC3)c2C(=O)N1C1CC1. The quantitative estimate of drug-likeness (QED) is 0.687. The van der Waals surface area contributed by atoms with E-state index in [2.05, 4.69) is 15.6 Å². The van der Waals surface area contributed by atoms with Crippen LogP contribution in [-0.2, 0) is 11.3 Å². The normalized spacial score (nSPS) is 27.2. The number of imidazole rings is 1. The molecule has 1 aromatic heterocycles. The van der Waals surface area contributed by atoms with E-state index in [0.717, 1.165) is 64.2 Å². The van der Waals surface area contributed by atoms with Crippen LogP contribution >= 0.6 is 0 Å². The average molecular weight is 442 g/mol. The Kier molecular flexibility index (Phi) is 5.72. The van der Waals surface area contributed by atoms with Crippen LogP contribution in [0.2, 0.25) is 0 Å². The van der Waals surface area contributed by atoms with Gasteiger partial charge in [0, 0.05) is 18.1 Å². The summed E-state index contributed by atoms with van der Waals surface area (Å²) < 4.78 is 1.72. The molecule has 8 nitrogen and oxygen atoms in total. The summed E-state index contributed by atoms with van der Waals surface area (Å²) in [5.74, 6) is -0.603. The molecule has 8 heteroatoms. The van der Waals surface area contributed by atoms with Crippen molar-refractivity contribution in [2.75, 3.05) is 0 Å². The number of aromatic nitrogens is 2. The van der Waals surface area contributed by atoms with E-state index < -0.39 is 5.54 Å². The molecule has 0 bridgehead atoms. The molecule has 0 saturated heterocycles. The minimum atomic E-state index is -0.969. The number of nitrogens with one attached hydrogen (secondary N) is 2. The Labute approximate surface area is 189 Å². The zero-order valence-corrected chi connectivity index (χ0v) is 19.1. The molecule has 1 unspecified atom stereocenters. The number of fused-ring (bicyclic) bond motifs is 1. The molecule has 2 heterocycles. The summed E-state index contributed by atoms with van der Waals surface area (Å²) in [6, 6.07) is 0.395. The molecular formula is C24H35N5O3. The number of carbonyl (C=O) groups is 3. The van der Waals surface area contributed by atoms with Gasteiger partial charge in [-0.1, -0.05) is 38.5 Å². The standard InChI is InChI=1S/C24H35N5O3/c1-24(23(32)27-17-10-6-7-11-17)14-28-15-25-19(20(28)22(31)29(24)18-12-13-18)21(30)26-16-8-4-2-3-5-9-16/h15-18H,2-14H2,1H3,(H,26,30)(H,27,32). The molecule has 0 radical (unpaired) electrons. The van der Waals surface area contributed by atoms with E-state index in [1.165, 1.54) is 12.8 Å². The number of rotatable bonds is 5. The second-order valence-corrected chi connectivity index (χ2v) is 10.4. The molecule has 0 aromatic carbocycles. The third-order valence-corrected chi connectivity index (χ3v) is 7.77. The third kappa shape index (κ3) is 3.92. The van der Waals surface area contributed by atoms with Crippen LogP contribution in [0.4, 0.5) is 0 Å². The summed E-state index contributed by atoms with van der Waals surface area (Å²) in [5, 5.41) is 6.32. The van der Waals surface area contributed by atoms with Crippen LogP contribution in [0.3, 0.4) is 0 Å². The first kappa shape index (κ1) is 21.5. The molecule has 5 rings (SSSR count). The van der Waals surface area contributed by atoms with E-state index in [1.807, 2.05) is 6.92 Å². The molecule has 4 aliphatic rings. The molecule has 0 spiro atoms. The van der Waals surface area contributed by atoms with Gasteiger partial charge >= 0.3 is 0 Å². The van der Waals surface area contributed by atoms with Crippen LogP contribution in [0, 0.1) is 0 Å². The Morgan fingerprint density at radius 3 is 2.16 bits per heavy atom. The van der Waals surface area contributed by atoms with Gasteiger partial charge in [-0.3, -0.25) is 14.4 Å². The van der Waals surface area contributed by atoms with E-state index in [4.69, 9.17) is 0 Å². The molecule has 1 atom stereocenters. The average Bonchev–Trinajstić information content (AvgIpc) is 3.38. The first-order valence-electron chi connectivity index (χ1n) is 12.5. The first-order valence-corrected chi connectivity index (χ1v) is 12.5. The highest BCUT2D eigenvalue weighted by Gasteiger charge is 2.54. The third-order valence-electron chi connectivity index (χ3n) is 7.77. The maximum atomic E-state index is 13.7. The van der Waals surface area contributed by atoms with Crippen molar-refractivity contribution < 1.29 is 14.4 Å². The molecule has 1 aromatic rings. The molecule has 32 heavy (non-hydrogen) atoms. The van der Waals surface area contributed by atoms with Gasteiger partial charge in [0.15, 0.2) is 5.69 Å². The molecule has 174 valence electrons. The smallest absolute Gasteiger partial charge is 0.274 e. The van der Waals surface area contributed by atoms with Gasteiger partial charge in [0.25, 0.3) is 11.8 Å². The molecule has 2 N–H and O–H groups in total. The summed E-state index contributed by atoms with van der Waals surface area (Å²) in [7, 11) is 0. The van der Waals surface area contributed by atoms with Crippen molar-refractivity contribution in [1.29, 1.82) is 0 Å². The minimum Gasteiger partial charge on any atom is -0.351 e. The second kappa shape index (κ2) is 8.52. The summed E-state index contributed by atoms with van der Waals surface area (Å²) in [4.78, 5) is 46.3. The summed E-state index contributed by atoms with van der Waals surface area (Å²) in [6.45, 7) is 2.19. The molecule has 3 amide bonds. The molecule has 3 aliphatic carbocycles. The Balaban J connectivity index is 1.39. The van der Waals surface area contributed by atoms with E-state index in [9.17, 15) is 14.4 Å². The van der Waals surface area contributed by atoms with Gasteiger partial charge in [0.2, 0.25) is 5.91 Å². The maximum Gasteiger partial charge on any atom is 0.274 e. The van der Waals surface area contributed by atoms with Crippen molar-refractivity contribution in [3.63, 3.8) is 0 Å². The highest BCUT2D eigenvalue weighted by Crippen LogP contribution is 2.39. The van der Waals surface area contributed by atoms with Crippen LogP contribution in [0.1, 0.15) is 105 Å². The summed E-state index contributed by atoms with van der Waals surface area (Å²) >= 11 is 0. The lowest BCUT2D eigenvalue weighted by Crippen LogP contribution is -2.65. The maximum absolute atomic E-state index is 13.7. The predicted molar refractivity (Wildman–Crippen MR) is 119 cm³/mol. The highest BCUT2D eigenvalue weighted by molar-refractivity contribution is 6.07. The van der Waals surface area contributed by atoms with Gasteiger partial charge in [0.1, 0.15) is 11.2 Å². The number of amides is 3. The molecule has 1 aliphatic heterocycles. The Bertz CT molecular complexity index is 893. The minimum absolute atomic E-state index is 0.0586. The monoisotopic (exact) mass is 441 g/mol. The van der Waals surface area contributed by atoms with Crippen molar-refractivity contribution in [2.45, 2.75) is 114 Å². The van der Waals surface area contributed by atoms with Crippen LogP contribution in [0.25, 0.3) is 0 Å². The number of hydrogen-bond donors (Lipinski definition) is 2. The zero-order valence-electron chi connectivity index (χ0n) is 19.1. The topological polar surface area (TPSA) is 96.3 Å².